The van der Waals surface area contributed by atoms with E-state index >= 15 is 0 Å². The van der Waals surface area contributed by atoms with Crippen molar-refractivity contribution in [3.8, 4) is 0 Å². The largest absolute Gasteiger partial charge is 0.400 e. The van der Waals surface area contributed by atoms with Crippen LogP contribution in [0.2, 0.25) is 0 Å². The summed E-state index contributed by atoms with van der Waals surface area (Å²) >= 11 is 0. The van der Waals surface area contributed by atoms with Crippen molar-refractivity contribution < 1.29 is 18.8 Å². The smallest absolute Gasteiger partial charge is 0.283 e. The van der Waals surface area contributed by atoms with Crippen LogP contribution in [-0.4, -0.2) is 38.2 Å². The number of nitrogens with zero attached hydrogens (tertiary/aromatic N) is 1. The Bertz CT molecular complexity index is 1600. The van der Waals surface area contributed by atoms with Gasteiger partial charge < -0.3 is 9.74 Å². The summed E-state index contributed by atoms with van der Waals surface area (Å²) in [6.07, 6.45) is -0.283. The van der Waals surface area contributed by atoms with Gasteiger partial charge in [0.15, 0.2) is 0 Å². The Morgan fingerprint density at radius 2 is 1.28 bits per heavy atom. The molecule has 1 unspecified atom stereocenters. The second-order valence-electron chi connectivity index (χ2n) is 12.1. The van der Waals surface area contributed by atoms with E-state index in [0.29, 0.717) is 16.8 Å². The van der Waals surface area contributed by atoms with Gasteiger partial charge in [0, 0.05) is 5.69 Å². The first-order valence-electron chi connectivity index (χ1n) is 14.5. The van der Waals surface area contributed by atoms with Gasteiger partial charge in [-0.3, -0.25) is 19.3 Å². The van der Waals surface area contributed by atoms with Crippen LogP contribution in [0.1, 0.15) is 69.8 Å². The lowest BCUT2D eigenvalue weighted by molar-refractivity contribution is -0.116. The maximum Gasteiger partial charge on any atom is 0.283 e. The third-order valence-electron chi connectivity index (χ3n) is 7.83. The van der Waals surface area contributed by atoms with Gasteiger partial charge >= 0.3 is 0 Å². The van der Waals surface area contributed by atoms with E-state index in [-0.39, 0.29) is 18.1 Å². The molecule has 0 saturated carbocycles. The van der Waals surface area contributed by atoms with Crippen LogP contribution in [0, 0.1) is 26.2 Å². The molecule has 7 heteroatoms. The fourth-order valence-electron chi connectivity index (χ4n) is 5.77. The number of aryl methyl sites for hydroxylation is 2. The number of imide groups is 1. The molecule has 0 saturated heterocycles. The zero-order chi connectivity index (χ0) is 30.9. The molecule has 219 valence electrons. The molecule has 1 atom stereocenters. The molecule has 1 aliphatic heterocycles. The molecular formula is C36H37N2O4Si. The molecule has 4 aromatic rings. The number of amides is 3. The van der Waals surface area contributed by atoms with Gasteiger partial charge in [0.25, 0.3) is 20.9 Å². The number of hydrogen-bond acceptors (Lipinski definition) is 4. The Kier molecular flexibility index (Phi) is 8.49. The molecule has 0 bridgehead atoms. The Morgan fingerprint density at radius 3 is 1.77 bits per heavy atom. The highest BCUT2D eigenvalue weighted by molar-refractivity contribution is 6.80. The monoisotopic (exact) mass is 589 g/mol. The lowest BCUT2D eigenvalue weighted by atomic mass is 9.80. The van der Waals surface area contributed by atoms with Gasteiger partial charge in [-0.25, -0.2) is 0 Å². The van der Waals surface area contributed by atoms with Crippen LogP contribution < -0.4 is 15.7 Å². The molecule has 4 aromatic carbocycles. The third-order valence-corrected chi connectivity index (χ3v) is 10.0. The van der Waals surface area contributed by atoms with Crippen LogP contribution in [-0.2, 0) is 9.22 Å². The quantitative estimate of drug-likeness (QED) is 0.210. The Hall–Kier alpha value is -4.33. The van der Waals surface area contributed by atoms with Crippen LogP contribution in [0.5, 0.6) is 0 Å². The predicted octanol–water partition coefficient (Wildman–Crippen LogP) is 5.76. The van der Waals surface area contributed by atoms with E-state index in [2.05, 4.69) is 63.3 Å². The normalized spacial score (nSPS) is 13.8. The molecule has 3 amide bonds. The summed E-state index contributed by atoms with van der Waals surface area (Å²) in [6.45, 7) is 12.2. The van der Waals surface area contributed by atoms with Gasteiger partial charge in [-0.15, -0.1) is 0 Å². The molecular weight excluding hydrogens is 552 g/mol. The Morgan fingerprint density at radius 1 is 0.791 bits per heavy atom. The van der Waals surface area contributed by atoms with Gasteiger partial charge in [0.2, 0.25) is 5.91 Å². The summed E-state index contributed by atoms with van der Waals surface area (Å²) in [4.78, 5) is 40.1. The molecule has 1 N–H and O–H groups in total. The molecule has 0 aliphatic carbocycles. The van der Waals surface area contributed by atoms with E-state index < -0.39 is 26.8 Å². The predicted molar refractivity (Wildman–Crippen MR) is 172 cm³/mol. The zero-order valence-corrected chi connectivity index (χ0v) is 26.5. The minimum atomic E-state index is -1.63. The maximum atomic E-state index is 13.3. The number of carbonyl (C=O) groups is 3. The summed E-state index contributed by atoms with van der Waals surface area (Å²) in [5.41, 5.74) is 4.97. The van der Waals surface area contributed by atoms with E-state index in [1.807, 2.05) is 50.2 Å². The molecule has 43 heavy (non-hydrogen) atoms. The number of rotatable bonds is 8. The molecule has 1 heterocycles. The number of carbonyl (C=O) groups excluding carboxylic acids is 3. The summed E-state index contributed by atoms with van der Waals surface area (Å²) in [5, 5.41) is 5.35. The van der Waals surface area contributed by atoms with Crippen molar-refractivity contribution in [3.63, 3.8) is 0 Å². The number of benzene rings is 4. The van der Waals surface area contributed by atoms with Gasteiger partial charge in [0.1, 0.15) is 6.54 Å². The lowest BCUT2D eigenvalue weighted by Gasteiger charge is -2.37. The lowest BCUT2D eigenvalue weighted by Crippen LogP contribution is -2.47. The molecule has 5 rings (SSSR count). The first-order valence-corrected chi connectivity index (χ1v) is 15.9. The second-order valence-corrected chi connectivity index (χ2v) is 14.2. The average Bonchev–Trinajstić information content (AvgIpc) is 3.22. The van der Waals surface area contributed by atoms with Crippen molar-refractivity contribution in [2.45, 2.75) is 47.6 Å². The molecule has 6 nitrogen and oxygen atoms in total. The summed E-state index contributed by atoms with van der Waals surface area (Å²) < 4.78 is 7.20. The molecule has 0 fully saturated rings. The summed E-state index contributed by atoms with van der Waals surface area (Å²) in [6, 6.07) is 29.4. The maximum absolute atomic E-state index is 13.3. The van der Waals surface area contributed by atoms with Crippen LogP contribution >= 0.6 is 0 Å². The number of hydrogen-bond donors (Lipinski definition) is 1. The SMILES string of the molecule is Cc1cc(C)c(C(O[Si](c2ccccc2)c2ccccc2)C(C)(C)C)c(C)c1NC(=O)CN1C(=O)c2ccccc2C1=O. The van der Waals surface area contributed by atoms with Gasteiger partial charge in [-0.2, -0.15) is 0 Å². The molecule has 0 aromatic heterocycles. The number of anilines is 1. The summed E-state index contributed by atoms with van der Waals surface area (Å²) in [5.74, 6) is -1.33. The van der Waals surface area contributed by atoms with Crippen molar-refractivity contribution in [2.24, 2.45) is 5.41 Å². The van der Waals surface area contributed by atoms with E-state index in [1.54, 1.807) is 24.3 Å². The first kappa shape index (κ1) is 30.1. The highest BCUT2D eigenvalue weighted by Gasteiger charge is 2.37. The summed E-state index contributed by atoms with van der Waals surface area (Å²) in [7, 11) is -1.63. The second kappa shape index (κ2) is 12.1. The van der Waals surface area contributed by atoms with Gasteiger partial charge in [-0.05, 0) is 70.9 Å². The third kappa shape index (κ3) is 6.09. The van der Waals surface area contributed by atoms with Crippen LogP contribution in [0.15, 0.2) is 91.0 Å². The average molecular weight is 590 g/mol. The zero-order valence-electron chi connectivity index (χ0n) is 25.5. The highest BCUT2D eigenvalue weighted by Crippen LogP contribution is 2.42. The molecule has 1 radical (unpaired) electrons. The van der Waals surface area contributed by atoms with Crippen LogP contribution in [0.25, 0.3) is 0 Å². The van der Waals surface area contributed by atoms with Crippen molar-refractivity contribution >= 4 is 42.8 Å². The van der Waals surface area contributed by atoms with Crippen molar-refractivity contribution in [1.29, 1.82) is 0 Å². The topological polar surface area (TPSA) is 75.7 Å². The van der Waals surface area contributed by atoms with Crippen molar-refractivity contribution in [2.75, 3.05) is 11.9 Å². The van der Waals surface area contributed by atoms with Crippen LogP contribution in [0.4, 0.5) is 5.69 Å². The highest BCUT2D eigenvalue weighted by atomic mass is 28.3. The minimum Gasteiger partial charge on any atom is -0.400 e. The van der Waals surface area contributed by atoms with E-state index in [1.165, 1.54) is 0 Å². The molecule has 1 aliphatic rings. The van der Waals surface area contributed by atoms with E-state index in [9.17, 15) is 14.4 Å². The van der Waals surface area contributed by atoms with Gasteiger partial charge in [-0.1, -0.05) is 99.6 Å². The first-order chi connectivity index (χ1) is 20.5. The fraction of sp³-hybridized carbons (Fsp3) is 0.250. The minimum absolute atomic E-state index is 0.272. The fourth-order valence-corrected chi connectivity index (χ4v) is 8.07. The standard InChI is InChI=1S/C36H37N2O4Si/c1-23-21-24(2)32(37-30(39)22-38-34(40)28-19-13-14-20-29(28)35(38)41)25(3)31(23)33(36(4,5)6)42-43(26-15-9-7-10-16-26)27-17-11-8-12-18-27/h7-21,33H,22H2,1-6H3,(H,37,39). The van der Waals surface area contributed by atoms with Crippen molar-refractivity contribution in [1.82, 2.24) is 4.90 Å². The molecule has 0 spiro atoms. The Labute approximate surface area is 255 Å². The van der Waals surface area contributed by atoms with E-state index in [4.69, 9.17) is 4.43 Å². The number of nitrogens with one attached hydrogen (secondary N) is 1. The van der Waals surface area contributed by atoms with Crippen molar-refractivity contribution in [3.05, 3.63) is 124 Å². The van der Waals surface area contributed by atoms with Crippen LogP contribution in [0.3, 0.4) is 0 Å². The van der Waals surface area contributed by atoms with E-state index in [0.717, 1.165) is 37.5 Å². The van der Waals surface area contributed by atoms with Gasteiger partial charge in [0.05, 0.1) is 17.2 Å². The number of fused-ring (bicyclic) bond motifs is 1. The Balaban J connectivity index is 1.48.